The van der Waals surface area contributed by atoms with Crippen molar-refractivity contribution >= 4 is 33.0 Å². The molecular formula is C18H23N7O3S. The van der Waals surface area contributed by atoms with E-state index in [9.17, 15) is 8.42 Å². The molecule has 3 aromatic rings. The van der Waals surface area contributed by atoms with Crippen molar-refractivity contribution in [2.24, 2.45) is 5.92 Å². The summed E-state index contributed by atoms with van der Waals surface area (Å²) in [7, 11) is -2.19. The molecule has 3 aromatic heterocycles. The van der Waals surface area contributed by atoms with E-state index >= 15 is 0 Å². The number of anilines is 2. The molecular weight excluding hydrogens is 394 g/mol. The largest absolute Gasteiger partial charge is 0.476 e. The van der Waals surface area contributed by atoms with Crippen LogP contribution in [0.3, 0.4) is 0 Å². The minimum atomic E-state index is -3.54. The van der Waals surface area contributed by atoms with Crippen molar-refractivity contribution in [3.63, 3.8) is 0 Å². The number of rotatable bonds is 7. The lowest BCUT2D eigenvalue weighted by Crippen LogP contribution is -2.18. The summed E-state index contributed by atoms with van der Waals surface area (Å²) < 4.78 is 31.9. The quantitative estimate of drug-likeness (QED) is 0.533. The number of imidazole rings is 1. The average molecular weight is 417 g/mol. The molecule has 0 saturated heterocycles. The minimum Gasteiger partial charge on any atom is -0.476 e. The van der Waals surface area contributed by atoms with Crippen LogP contribution in [-0.4, -0.2) is 47.0 Å². The van der Waals surface area contributed by atoms with E-state index in [-0.39, 0.29) is 10.8 Å². The van der Waals surface area contributed by atoms with E-state index in [0.717, 1.165) is 0 Å². The third-order valence-corrected chi connectivity index (χ3v) is 6.39. The van der Waals surface area contributed by atoms with Crippen molar-refractivity contribution in [1.29, 1.82) is 0 Å². The second-order valence-electron chi connectivity index (χ2n) is 6.98. The summed E-state index contributed by atoms with van der Waals surface area (Å²) in [4.78, 5) is 20.2. The van der Waals surface area contributed by atoms with Crippen molar-refractivity contribution in [2.45, 2.75) is 37.0 Å². The van der Waals surface area contributed by atoms with E-state index in [1.54, 1.807) is 12.4 Å². The number of nitrogens with zero attached hydrogens (tertiary/aromatic N) is 4. The van der Waals surface area contributed by atoms with Gasteiger partial charge >= 0.3 is 0 Å². The molecule has 1 aliphatic carbocycles. The Kier molecular flexibility index (Phi) is 5.58. The number of hydrogen-bond acceptors (Lipinski definition) is 8. The van der Waals surface area contributed by atoms with Gasteiger partial charge < -0.3 is 15.0 Å². The maximum absolute atomic E-state index is 11.8. The molecule has 0 amide bonds. The topological polar surface area (TPSA) is 135 Å². The molecule has 3 heterocycles. The minimum absolute atomic E-state index is 0.0747. The molecule has 1 saturated carbocycles. The molecule has 1 fully saturated rings. The molecule has 4 rings (SSSR count). The summed E-state index contributed by atoms with van der Waals surface area (Å²) in [5.41, 5.74) is 1.13. The third-order valence-electron chi connectivity index (χ3n) is 4.99. The van der Waals surface area contributed by atoms with Crippen molar-refractivity contribution in [1.82, 2.24) is 29.6 Å². The molecule has 10 nitrogen and oxygen atoms in total. The number of aromatic amines is 1. The van der Waals surface area contributed by atoms with Gasteiger partial charge in [-0.15, -0.1) is 0 Å². The Labute approximate surface area is 168 Å². The second-order valence-corrected chi connectivity index (χ2v) is 8.87. The first kappa shape index (κ1) is 19.5. The van der Waals surface area contributed by atoms with E-state index < -0.39 is 10.0 Å². The van der Waals surface area contributed by atoms with Crippen LogP contribution in [0.2, 0.25) is 0 Å². The summed E-state index contributed by atoms with van der Waals surface area (Å²) in [6.07, 6.45) is 8.95. The molecule has 0 aromatic carbocycles. The van der Waals surface area contributed by atoms with Gasteiger partial charge in [0.15, 0.2) is 5.65 Å². The smallest absolute Gasteiger partial charge is 0.245 e. The maximum Gasteiger partial charge on any atom is 0.245 e. The van der Waals surface area contributed by atoms with Gasteiger partial charge in [0, 0.05) is 6.20 Å². The summed E-state index contributed by atoms with van der Waals surface area (Å²) in [6, 6.07) is 3.00. The Morgan fingerprint density at radius 2 is 2.00 bits per heavy atom. The number of sulfonamides is 1. The number of H-pyrrole nitrogens is 1. The Morgan fingerprint density at radius 1 is 1.17 bits per heavy atom. The monoisotopic (exact) mass is 417 g/mol. The van der Waals surface area contributed by atoms with Gasteiger partial charge in [-0.3, -0.25) is 0 Å². The van der Waals surface area contributed by atoms with E-state index in [1.165, 1.54) is 51.4 Å². The summed E-state index contributed by atoms with van der Waals surface area (Å²) in [6.45, 7) is 0.611. The lowest BCUT2D eigenvalue weighted by Gasteiger charge is -2.21. The van der Waals surface area contributed by atoms with Crippen LogP contribution in [0.5, 0.6) is 5.88 Å². The molecule has 0 bridgehead atoms. The molecule has 0 atom stereocenters. The molecule has 11 heteroatoms. The van der Waals surface area contributed by atoms with E-state index in [2.05, 4.69) is 35.0 Å². The van der Waals surface area contributed by atoms with Crippen molar-refractivity contribution in [3.8, 4) is 5.88 Å². The highest BCUT2D eigenvalue weighted by Gasteiger charge is 2.17. The van der Waals surface area contributed by atoms with Crippen LogP contribution in [-0.2, 0) is 10.0 Å². The number of pyridine rings is 1. The highest BCUT2D eigenvalue weighted by atomic mass is 32.2. The zero-order valence-electron chi connectivity index (χ0n) is 16.1. The summed E-state index contributed by atoms with van der Waals surface area (Å²) >= 11 is 0. The van der Waals surface area contributed by atoms with Crippen LogP contribution in [0.1, 0.15) is 32.1 Å². The highest BCUT2D eigenvalue weighted by Crippen LogP contribution is 2.27. The molecule has 29 heavy (non-hydrogen) atoms. The van der Waals surface area contributed by atoms with Crippen LogP contribution < -0.4 is 14.8 Å². The van der Waals surface area contributed by atoms with Gasteiger partial charge in [0.1, 0.15) is 16.2 Å². The number of hydrogen-bond donors (Lipinski definition) is 3. The van der Waals surface area contributed by atoms with E-state index in [0.29, 0.717) is 35.4 Å². The Balaban J connectivity index is 1.53. The number of nitrogens with one attached hydrogen (secondary N) is 3. The first-order chi connectivity index (χ1) is 14.0. The molecule has 0 spiro atoms. The van der Waals surface area contributed by atoms with E-state index in [4.69, 9.17) is 4.74 Å². The molecule has 0 aliphatic heterocycles. The standard InChI is InChI=1S/C18H23N7O3S/c1-19-29(26,27)13-7-8-14(20-9-13)23-18-24-16-15(21-11-22-16)17(25-18)28-10-12-5-3-2-4-6-12/h7-9,11-12,19H,2-6,10H2,1H3,(H2,20,21,22,23,24,25). The number of aromatic nitrogens is 5. The molecule has 0 radical (unpaired) electrons. The van der Waals surface area contributed by atoms with Gasteiger partial charge in [-0.1, -0.05) is 19.3 Å². The SMILES string of the molecule is CNS(=O)(=O)c1ccc(Nc2nc(OCC3CCCCC3)c3[nH]cnc3n2)nc1. The van der Waals surface area contributed by atoms with Gasteiger partial charge in [0.2, 0.25) is 21.9 Å². The third kappa shape index (κ3) is 4.46. The van der Waals surface area contributed by atoms with E-state index in [1.807, 2.05) is 0 Å². The van der Waals surface area contributed by atoms with Gasteiger partial charge in [0.25, 0.3) is 0 Å². The summed E-state index contributed by atoms with van der Waals surface area (Å²) in [5.74, 6) is 1.67. The van der Waals surface area contributed by atoms with Gasteiger partial charge in [-0.25, -0.2) is 23.1 Å². The van der Waals surface area contributed by atoms with Gasteiger partial charge in [0.05, 0.1) is 12.9 Å². The first-order valence-corrected chi connectivity index (χ1v) is 11.0. The van der Waals surface area contributed by atoms with Crippen LogP contribution in [0.25, 0.3) is 11.2 Å². The fraction of sp³-hybridized carbons (Fsp3) is 0.444. The van der Waals surface area contributed by atoms with Crippen molar-refractivity contribution < 1.29 is 13.2 Å². The second kappa shape index (κ2) is 8.29. The molecule has 1 aliphatic rings. The predicted molar refractivity (Wildman–Crippen MR) is 108 cm³/mol. The van der Waals surface area contributed by atoms with Crippen molar-refractivity contribution in [2.75, 3.05) is 19.0 Å². The lowest BCUT2D eigenvalue weighted by molar-refractivity contribution is 0.205. The van der Waals surface area contributed by atoms with Crippen LogP contribution in [0.15, 0.2) is 29.6 Å². The zero-order valence-corrected chi connectivity index (χ0v) is 16.9. The molecule has 0 unspecified atom stereocenters. The fourth-order valence-corrected chi connectivity index (χ4v) is 4.04. The maximum atomic E-state index is 11.8. The van der Waals surface area contributed by atoms with Gasteiger partial charge in [-0.05, 0) is 37.9 Å². The Hall–Kier alpha value is -2.79. The van der Waals surface area contributed by atoms with Crippen molar-refractivity contribution in [3.05, 3.63) is 24.7 Å². The van der Waals surface area contributed by atoms with Crippen LogP contribution in [0.4, 0.5) is 11.8 Å². The molecule has 3 N–H and O–H groups in total. The number of fused-ring (bicyclic) bond motifs is 1. The predicted octanol–water partition coefficient (Wildman–Crippen LogP) is 2.36. The average Bonchev–Trinajstić information content (AvgIpc) is 3.22. The first-order valence-electron chi connectivity index (χ1n) is 9.56. The van der Waals surface area contributed by atoms with Gasteiger partial charge in [-0.2, -0.15) is 9.97 Å². The fourth-order valence-electron chi connectivity index (χ4n) is 3.36. The normalized spacial score (nSPS) is 15.5. The molecule has 154 valence electrons. The lowest BCUT2D eigenvalue weighted by atomic mass is 9.90. The number of ether oxygens (including phenoxy) is 1. The zero-order chi connectivity index (χ0) is 20.3. The summed E-state index contributed by atoms with van der Waals surface area (Å²) in [5, 5.41) is 2.98. The Bertz CT molecular complexity index is 1080. The highest BCUT2D eigenvalue weighted by molar-refractivity contribution is 7.89. The van der Waals surface area contributed by atoms with Crippen LogP contribution >= 0.6 is 0 Å². The Morgan fingerprint density at radius 3 is 2.72 bits per heavy atom. The van der Waals surface area contributed by atoms with Crippen LogP contribution in [0, 0.1) is 5.92 Å².